The van der Waals surface area contributed by atoms with Crippen molar-refractivity contribution in [2.45, 2.75) is 18.4 Å². The van der Waals surface area contributed by atoms with Gasteiger partial charge >= 0.3 is 11.9 Å². The summed E-state index contributed by atoms with van der Waals surface area (Å²) in [6, 6.07) is 9.03. The van der Waals surface area contributed by atoms with E-state index in [9.17, 15) is 14.7 Å². The van der Waals surface area contributed by atoms with Crippen molar-refractivity contribution in [3.05, 3.63) is 35.9 Å². The maximum atomic E-state index is 11.4. The lowest BCUT2D eigenvalue weighted by molar-refractivity contribution is -0.145. The molecule has 96 valence electrons. The zero-order valence-electron chi connectivity index (χ0n) is 9.74. The summed E-state index contributed by atoms with van der Waals surface area (Å²) in [6.45, 7) is 0. The van der Waals surface area contributed by atoms with Gasteiger partial charge in [0.05, 0.1) is 5.92 Å². The Balaban J connectivity index is 2.19. The molecular weight excluding hydrogens is 234 g/mol. The summed E-state index contributed by atoms with van der Waals surface area (Å²) in [6.07, 6.45) is 0.489. The highest BCUT2D eigenvalue weighted by Gasteiger charge is 2.58. The van der Waals surface area contributed by atoms with Crippen molar-refractivity contribution < 1.29 is 19.8 Å². The molecule has 0 aromatic heterocycles. The molecule has 5 heteroatoms. The number of hydrogen-bond donors (Lipinski definition) is 3. The number of nitrogens with two attached hydrogens (primary N) is 1. The van der Waals surface area contributed by atoms with Gasteiger partial charge in [0.15, 0.2) is 0 Å². The van der Waals surface area contributed by atoms with Crippen LogP contribution in [-0.2, 0) is 16.0 Å². The third kappa shape index (κ3) is 2.22. The van der Waals surface area contributed by atoms with Crippen LogP contribution >= 0.6 is 0 Å². The average molecular weight is 249 g/mol. The van der Waals surface area contributed by atoms with Gasteiger partial charge in [0.2, 0.25) is 0 Å². The topological polar surface area (TPSA) is 101 Å². The van der Waals surface area contributed by atoms with E-state index in [1.54, 1.807) is 24.3 Å². The zero-order chi connectivity index (χ0) is 13.3. The van der Waals surface area contributed by atoms with Crippen molar-refractivity contribution in [2.75, 3.05) is 0 Å². The van der Waals surface area contributed by atoms with E-state index in [1.807, 2.05) is 6.07 Å². The van der Waals surface area contributed by atoms with Crippen LogP contribution in [0.1, 0.15) is 12.0 Å². The molecule has 4 N–H and O–H groups in total. The van der Waals surface area contributed by atoms with Crippen molar-refractivity contribution in [3.8, 4) is 0 Å². The molecule has 5 nitrogen and oxygen atoms in total. The Kier molecular flexibility index (Phi) is 3.09. The van der Waals surface area contributed by atoms with Crippen LogP contribution in [-0.4, -0.2) is 27.7 Å². The average Bonchev–Trinajstić information content (AvgIpc) is 3.10. The number of carboxylic acid groups (broad SMARTS) is 2. The summed E-state index contributed by atoms with van der Waals surface area (Å²) < 4.78 is 0. The van der Waals surface area contributed by atoms with E-state index in [1.165, 1.54) is 0 Å². The molecule has 0 aliphatic heterocycles. The minimum atomic E-state index is -1.50. The molecule has 1 aliphatic carbocycles. The van der Waals surface area contributed by atoms with Crippen molar-refractivity contribution in [3.63, 3.8) is 0 Å². The number of rotatable bonds is 5. The summed E-state index contributed by atoms with van der Waals surface area (Å²) in [5.74, 6) is -3.23. The maximum Gasteiger partial charge on any atom is 0.324 e. The summed E-state index contributed by atoms with van der Waals surface area (Å²) in [5.41, 5.74) is 5.25. The first-order valence-corrected chi connectivity index (χ1v) is 5.74. The van der Waals surface area contributed by atoms with Gasteiger partial charge < -0.3 is 15.9 Å². The molecule has 3 atom stereocenters. The van der Waals surface area contributed by atoms with Gasteiger partial charge in [-0.15, -0.1) is 0 Å². The van der Waals surface area contributed by atoms with Crippen LogP contribution in [0.3, 0.4) is 0 Å². The smallest absolute Gasteiger partial charge is 0.324 e. The van der Waals surface area contributed by atoms with Crippen LogP contribution in [0.25, 0.3) is 0 Å². The predicted molar refractivity (Wildman–Crippen MR) is 63.9 cm³/mol. The van der Waals surface area contributed by atoms with Gasteiger partial charge in [-0.1, -0.05) is 30.3 Å². The largest absolute Gasteiger partial charge is 0.481 e. The quantitative estimate of drug-likeness (QED) is 0.714. The monoisotopic (exact) mass is 249 g/mol. The summed E-state index contributed by atoms with van der Waals surface area (Å²) in [5, 5.41) is 18.2. The van der Waals surface area contributed by atoms with E-state index in [0.717, 1.165) is 5.56 Å². The Labute approximate surface area is 104 Å². The van der Waals surface area contributed by atoms with Gasteiger partial charge in [0.25, 0.3) is 0 Å². The van der Waals surface area contributed by atoms with E-state index >= 15 is 0 Å². The Morgan fingerprint density at radius 1 is 1.28 bits per heavy atom. The molecule has 0 spiro atoms. The number of aliphatic carboxylic acids is 2. The molecule has 0 radical (unpaired) electrons. The molecule has 1 saturated carbocycles. The van der Waals surface area contributed by atoms with E-state index in [4.69, 9.17) is 10.8 Å². The SMILES string of the molecule is NC(Cc1ccccc1)(C(=O)O)C1CC1C(=O)O. The van der Waals surface area contributed by atoms with Crippen LogP contribution in [0.5, 0.6) is 0 Å². The van der Waals surface area contributed by atoms with Crippen molar-refractivity contribution in [2.24, 2.45) is 17.6 Å². The zero-order valence-corrected chi connectivity index (χ0v) is 9.74. The second-order valence-corrected chi connectivity index (χ2v) is 4.79. The van der Waals surface area contributed by atoms with Gasteiger partial charge in [-0.3, -0.25) is 9.59 Å². The van der Waals surface area contributed by atoms with Gasteiger partial charge in [0, 0.05) is 12.3 Å². The number of carboxylic acids is 2. The highest BCUT2D eigenvalue weighted by Crippen LogP contribution is 2.46. The van der Waals surface area contributed by atoms with Crippen LogP contribution in [0.15, 0.2) is 30.3 Å². The Morgan fingerprint density at radius 2 is 1.89 bits per heavy atom. The minimum absolute atomic E-state index is 0.150. The third-order valence-corrected chi connectivity index (χ3v) is 3.51. The van der Waals surface area contributed by atoms with Gasteiger partial charge in [-0.05, 0) is 12.0 Å². The molecule has 0 amide bonds. The van der Waals surface area contributed by atoms with Crippen molar-refractivity contribution >= 4 is 11.9 Å². The third-order valence-electron chi connectivity index (χ3n) is 3.51. The van der Waals surface area contributed by atoms with E-state index in [0.29, 0.717) is 6.42 Å². The maximum absolute atomic E-state index is 11.4. The lowest BCUT2D eigenvalue weighted by Gasteiger charge is -2.25. The van der Waals surface area contributed by atoms with Crippen LogP contribution in [0.2, 0.25) is 0 Å². The first kappa shape index (κ1) is 12.6. The van der Waals surface area contributed by atoms with E-state index < -0.39 is 29.3 Å². The summed E-state index contributed by atoms with van der Waals surface area (Å²) >= 11 is 0. The molecule has 0 saturated heterocycles. The molecule has 0 heterocycles. The lowest BCUT2D eigenvalue weighted by Crippen LogP contribution is -2.52. The Bertz CT molecular complexity index is 473. The van der Waals surface area contributed by atoms with E-state index in [2.05, 4.69) is 0 Å². The summed E-state index contributed by atoms with van der Waals surface area (Å²) in [7, 11) is 0. The first-order valence-electron chi connectivity index (χ1n) is 5.74. The highest BCUT2D eigenvalue weighted by atomic mass is 16.4. The normalized spacial score (nSPS) is 25.2. The first-order chi connectivity index (χ1) is 8.45. The molecular formula is C13H15NO4. The molecule has 1 aromatic carbocycles. The minimum Gasteiger partial charge on any atom is -0.481 e. The van der Waals surface area contributed by atoms with Crippen LogP contribution < -0.4 is 5.73 Å². The molecule has 2 rings (SSSR count). The lowest BCUT2D eigenvalue weighted by atomic mass is 9.86. The fraction of sp³-hybridized carbons (Fsp3) is 0.385. The molecule has 0 bridgehead atoms. The van der Waals surface area contributed by atoms with Gasteiger partial charge in [-0.25, -0.2) is 0 Å². The molecule has 18 heavy (non-hydrogen) atoms. The molecule has 1 aromatic rings. The Hall–Kier alpha value is -1.88. The van der Waals surface area contributed by atoms with Gasteiger partial charge in [0.1, 0.15) is 5.54 Å². The molecule has 1 fully saturated rings. The standard InChI is InChI=1S/C13H15NO4/c14-13(12(17)18,10-6-9(10)11(15)16)7-8-4-2-1-3-5-8/h1-5,9-10H,6-7,14H2,(H,15,16)(H,17,18). The van der Waals surface area contributed by atoms with Crippen LogP contribution in [0, 0.1) is 11.8 Å². The fourth-order valence-corrected chi connectivity index (χ4v) is 2.34. The van der Waals surface area contributed by atoms with Crippen molar-refractivity contribution in [1.29, 1.82) is 0 Å². The van der Waals surface area contributed by atoms with Gasteiger partial charge in [-0.2, -0.15) is 0 Å². The second-order valence-electron chi connectivity index (χ2n) is 4.79. The fourth-order valence-electron chi connectivity index (χ4n) is 2.34. The van der Waals surface area contributed by atoms with Crippen molar-refractivity contribution in [1.82, 2.24) is 0 Å². The number of hydrogen-bond acceptors (Lipinski definition) is 3. The summed E-state index contributed by atoms with van der Waals surface area (Å²) in [4.78, 5) is 22.2. The Morgan fingerprint density at radius 3 is 2.33 bits per heavy atom. The number of carbonyl (C=O) groups is 2. The highest BCUT2D eigenvalue weighted by molar-refractivity contribution is 5.83. The number of benzene rings is 1. The van der Waals surface area contributed by atoms with E-state index in [-0.39, 0.29) is 6.42 Å². The van der Waals surface area contributed by atoms with Crippen LogP contribution in [0.4, 0.5) is 0 Å². The molecule has 3 unspecified atom stereocenters. The molecule has 1 aliphatic rings. The second kappa shape index (κ2) is 4.42. The predicted octanol–water partition coefficient (Wildman–Crippen LogP) is 0.732.